The largest absolute Gasteiger partial charge is 0.322 e. The average Bonchev–Trinajstić information content (AvgIpc) is 2.62. The number of anilines is 1. The molecule has 0 radical (unpaired) electrons. The van der Waals surface area contributed by atoms with Gasteiger partial charge in [-0.25, -0.2) is 4.39 Å². The van der Waals surface area contributed by atoms with Gasteiger partial charge < -0.3 is 10.2 Å². The summed E-state index contributed by atoms with van der Waals surface area (Å²) in [4.78, 5) is 14.7. The number of rotatable bonds is 4. The molecule has 0 aliphatic heterocycles. The number of nitrogens with zero attached hydrogens (tertiary/aromatic N) is 1. The highest BCUT2D eigenvalue weighted by Gasteiger charge is 2.17. The Labute approximate surface area is 170 Å². The molecule has 0 spiro atoms. The van der Waals surface area contributed by atoms with Gasteiger partial charge in [-0.2, -0.15) is 0 Å². The van der Waals surface area contributed by atoms with Crippen molar-refractivity contribution < 1.29 is 9.18 Å². The van der Waals surface area contributed by atoms with Crippen LogP contribution in [0.25, 0.3) is 5.57 Å². The van der Waals surface area contributed by atoms with E-state index in [9.17, 15) is 9.18 Å². The lowest BCUT2D eigenvalue weighted by Gasteiger charge is -2.27. The molecule has 27 heavy (non-hydrogen) atoms. The van der Waals surface area contributed by atoms with Crippen LogP contribution in [0.2, 0.25) is 5.02 Å². The molecule has 144 valence electrons. The highest BCUT2D eigenvalue weighted by Crippen LogP contribution is 2.30. The van der Waals surface area contributed by atoms with Crippen LogP contribution in [-0.2, 0) is 0 Å². The first kappa shape index (κ1) is 21.4. The highest BCUT2D eigenvalue weighted by atomic mass is 35.5. The second-order valence-electron chi connectivity index (χ2n) is 6.78. The third kappa shape index (κ3) is 5.32. The van der Waals surface area contributed by atoms with Crippen LogP contribution in [0.1, 0.15) is 35.2 Å². The molecule has 1 unspecified atom stereocenters. The van der Waals surface area contributed by atoms with Crippen molar-refractivity contribution in [2.24, 2.45) is 0 Å². The number of allylic oxidation sites excluding steroid dienone is 1. The normalized spacial score (nSPS) is 16.5. The van der Waals surface area contributed by atoms with Crippen molar-refractivity contribution in [2.45, 2.75) is 25.3 Å². The summed E-state index contributed by atoms with van der Waals surface area (Å²) in [5.74, 6) is -0.814. The molecule has 3 nitrogen and oxygen atoms in total. The van der Waals surface area contributed by atoms with Gasteiger partial charge in [-0.15, -0.1) is 12.4 Å². The van der Waals surface area contributed by atoms with Crippen LogP contribution in [0, 0.1) is 5.82 Å². The molecule has 0 fully saturated rings. The Hall–Kier alpha value is -1.88. The van der Waals surface area contributed by atoms with E-state index < -0.39 is 5.82 Å². The molecule has 1 atom stereocenters. The molecule has 1 amide bonds. The van der Waals surface area contributed by atoms with Gasteiger partial charge in [0.25, 0.3) is 5.91 Å². The Morgan fingerprint density at radius 1 is 1.22 bits per heavy atom. The summed E-state index contributed by atoms with van der Waals surface area (Å²) in [5, 5.41) is 2.94. The molecule has 0 saturated carbocycles. The zero-order valence-electron chi connectivity index (χ0n) is 15.3. The van der Waals surface area contributed by atoms with E-state index >= 15 is 0 Å². The molecule has 2 aromatic rings. The number of benzene rings is 2. The summed E-state index contributed by atoms with van der Waals surface area (Å²) in [7, 11) is 4.22. The molecule has 6 heteroatoms. The van der Waals surface area contributed by atoms with Crippen LogP contribution >= 0.6 is 24.0 Å². The van der Waals surface area contributed by atoms with E-state index in [0.717, 1.165) is 30.9 Å². The van der Waals surface area contributed by atoms with Crippen LogP contribution in [0.3, 0.4) is 0 Å². The minimum atomic E-state index is -0.464. The van der Waals surface area contributed by atoms with E-state index in [4.69, 9.17) is 11.6 Å². The van der Waals surface area contributed by atoms with Crippen molar-refractivity contribution in [3.63, 3.8) is 0 Å². The molecule has 1 N–H and O–H groups in total. The summed E-state index contributed by atoms with van der Waals surface area (Å²) in [5.41, 5.74) is 3.37. The maximum absolute atomic E-state index is 13.1. The lowest BCUT2D eigenvalue weighted by Crippen LogP contribution is -2.28. The molecule has 0 heterocycles. The van der Waals surface area contributed by atoms with Gasteiger partial charge in [0.05, 0.1) is 10.6 Å². The van der Waals surface area contributed by atoms with E-state index in [2.05, 4.69) is 36.5 Å². The smallest absolute Gasteiger partial charge is 0.257 e. The number of hydrogen-bond donors (Lipinski definition) is 1. The van der Waals surface area contributed by atoms with Crippen molar-refractivity contribution in [1.82, 2.24) is 4.90 Å². The number of halogens is 3. The summed E-state index contributed by atoms with van der Waals surface area (Å²) in [6.07, 6.45) is 5.46. The molecular weight excluding hydrogens is 386 g/mol. The Balaban J connectivity index is 0.00000261. The van der Waals surface area contributed by atoms with Gasteiger partial charge in [-0.1, -0.05) is 29.8 Å². The molecular formula is C21H23Cl2FN2O. The zero-order chi connectivity index (χ0) is 18.7. The van der Waals surface area contributed by atoms with Crippen molar-refractivity contribution in [2.75, 3.05) is 19.4 Å². The van der Waals surface area contributed by atoms with Gasteiger partial charge in [0.15, 0.2) is 0 Å². The summed E-state index contributed by atoms with van der Waals surface area (Å²) in [6, 6.07) is 12.1. The Morgan fingerprint density at radius 2 is 2.00 bits per heavy atom. The quantitative estimate of drug-likeness (QED) is 0.708. The maximum atomic E-state index is 13.1. The third-order valence-electron chi connectivity index (χ3n) is 4.78. The molecule has 0 bridgehead atoms. The topological polar surface area (TPSA) is 32.3 Å². The van der Waals surface area contributed by atoms with E-state index in [1.54, 1.807) is 0 Å². The Bertz CT molecular complexity index is 852. The standard InChI is InChI=1S/C21H22ClFN2O.ClH/c1-25(2)18-9-6-14(7-10-18)15-4-3-5-17(12-15)24-21(26)19-11-8-16(23)13-20(19)22;/h3-6,8,11-13,18H,7,9-10H2,1-2H3,(H,24,26);1H. The highest BCUT2D eigenvalue weighted by molar-refractivity contribution is 6.34. The van der Waals surface area contributed by atoms with Crippen molar-refractivity contribution in [3.8, 4) is 0 Å². The van der Waals surface area contributed by atoms with Crippen LogP contribution in [0.5, 0.6) is 0 Å². The second kappa shape index (κ2) is 9.36. The summed E-state index contributed by atoms with van der Waals surface area (Å²) < 4.78 is 13.1. The predicted molar refractivity (Wildman–Crippen MR) is 112 cm³/mol. The first-order valence-electron chi connectivity index (χ1n) is 8.66. The average molecular weight is 409 g/mol. The molecule has 0 saturated heterocycles. The van der Waals surface area contributed by atoms with E-state index in [1.807, 2.05) is 18.2 Å². The lowest BCUT2D eigenvalue weighted by atomic mass is 9.90. The lowest BCUT2D eigenvalue weighted by molar-refractivity contribution is 0.102. The van der Waals surface area contributed by atoms with Gasteiger partial charge in [-0.05, 0) is 74.8 Å². The minimum absolute atomic E-state index is 0. The van der Waals surface area contributed by atoms with Gasteiger partial charge >= 0.3 is 0 Å². The minimum Gasteiger partial charge on any atom is -0.322 e. The van der Waals surface area contributed by atoms with Crippen molar-refractivity contribution >= 4 is 41.2 Å². The monoisotopic (exact) mass is 408 g/mol. The number of amides is 1. The number of nitrogens with one attached hydrogen (secondary N) is 1. The molecule has 1 aliphatic rings. The first-order valence-corrected chi connectivity index (χ1v) is 9.04. The molecule has 1 aliphatic carbocycles. The van der Waals surface area contributed by atoms with Crippen molar-refractivity contribution in [3.05, 3.63) is 70.5 Å². The van der Waals surface area contributed by atoms with Gasteiger partial charge in [0.1, 0.15) is 5.82 Å². The van der Waals surface area contributed by atoms with E-state index in [-0.39, 0.29) is 28.9 Å². The molecule has 0 aromatic heterocycles. The zero-order valence-corrected chi connectivity index (χ0v) is 16.9. The second-order valence-corrected chi connectivity index (χ2v) is 7.19. The van der Waals surface area contributed by atoms with E-state index in [1.165, 1.54) is 17.7 Å². The molecule has 3 rings (SSSR count). The maximum Gasteiger partial charge on any atom is 0.257 e. The molecule has 2 aromatic carbocycles. The summed E-state index contributed by atoms with van der Waals surface area (Å²) in [6.45, 7) is 0. The van der Waals surface area contributed by atoms with Crippen LogP contribution < -0.4 is 5.32 Å². The Morgan fingerprint density at radius 3 is 2.63 bits per heavy atom. The summed E-state index contributed by atoms with van der Waals surface area (Å²) >= 11 is 5.97. The van der Waals surface area contributed by atoms with Gasteiger partial charge in [-0.3, -0.25) is 4.79 Å². The predicted octanol–water partition coefficient (Wildman–Crippen LogP) is 5.65. The fourth-order valence-electron chi connectivity index (χ4n) is 3.22. The number of carbonyl (C=O) groups is 1. The SMILES string of the molecule is CN(C)C1CC=C(c2cccc(NC(=O)c3ccc(F)cc3Cl)c2)CC1.Cl. The fraction of sp³-hybridized carbons (Fsp3) is 0.286. The van der Waals surface area contributed by atoms with Crippen LogP contribution in [-0.4, -0.2) is 30.9 Å². The van der Waals surface area contributed by atoms with Gasteiger partial charge in [0, 0.05) is 11.7 Å². The fourth-order valence-corrected chi connectivity index (χ4v) is 3.47. The van der Waals surface area contributed by atoms with Gasteiger partial charge in [0.2, 0.25) is 0 Å². The number of carbonyl (C=O) groups excluding carboxylic acids is 1. The van der Waals surface area contributed by atoms with E-state index in [0.29, 0.717) is 11.7 Å². The first-order chi connectivity index (χ1) is 12.4. The Kier molecular flexibility index (Phi) is 7.42. The van der Waals surface area contributed by atoms with Crippen LogP contribution in [0.4, 0.5) is 10.1 Å². The third-order valence-corrected chi connectivity index (χ3v) is 5.09. The number of hydrogen-bond acceptors (Lipinski definition) is 2. The van der Waals surface area contributed by atoms with Crippen LogP contribution in [0.15, 0.2) is 48.5 Å². The van der Waals surface area contributed by atoms with Crippen molar-refractivity contribution in [1.29, 1.82) is 0 Å².